The van der Waals surface area contributed by atoms with Gasteiger partial charge in [0.25, 0.3) is 5.91 Å². The Kier molecular flexibility index (Phi) is 8.23. The van der Waals surface area contributed by atoms with E-state index in [-0.39, 0.29) is 22.0 Å². The number of sulfone groups is 1. The number of nitrogens with one attached hydrogen (secondary N) is 2. The molecule has 0 unspecified atom stereocenters. The van der Waals surface area contributed by atoms with Crippen LogP contribution in [0.3, 0.4) is 0 Å². The number of ether oxygens (including phenoxy) is 1. The van der Waals surface area contributed by atoms with Crippen molar-refractivity contribution in [3.63, 3.8) is 0 Å². The second-order valence-electron chi connectivity index (χ2n) is 8.49. The van der Waals surface area contributed by atoms with Crippen molar-refractivity contribution in [3.05, 3.63) is 101 Å². The Morgan fingerprint density at radius 1 is 1.08 bits per heavy atom. The third-order valence-corrected chi connectivity index (χ3v) is 7.85. The third kappa shape index (κ3) is 5.74. The molecule has 1 aromatic heterocycles. The number of benzene rings is 3. The predicted molar refractivity (Wildman–Crippen MR) is 145 cm³/mol. The molecule has 11 heteroatoms. The molecular weight excluding hydrogens is 520 g/mol. The molecule has 0 fully saturated rings. The van der Waals surface area contributed by atoms with E-state index in [1.807, 2.05) is 18.2 Å². The molecule has 4 N–H and O–H groups in total. The first kappa shape index (κ1) is 27.3. The summed E-state index contributed by atoms with van der Waals surface area (Å²) >= 11 is 0. The Labute approximate surface area is 225 Å². The van der Waals surface area contributed by atoms with E-state index >= 15 is 0 Å². The predicted octanol–water partition coefficient (Wildman–Crippen LogP) is 4.44. The zero-order valence-electron chi connectivity index (χ0n) is 21.1. The zero-order valence-corrected chi connectivity index (χ0v) is 21.9. The molecule has 4 aromatic rings. The van der Waals surface area contributed by atoms with Crippen molar-refractivity contribution in [1.82, 2.24) is 10.5 Å². The lowest BCUT2D eigenvalue weighted by atomic mass is 9.95. The fourth-order valence-corrected chi connectivity index (χ4v) is 5.60. The number of anilines is 1. The summed E-state index contributed by atoms with van der Waals surface area (Å²) < 4.78 is 31.9. The molecule has 39 heavy (non-hydrogen) atoms. The van der Waals surface area contributed by atoms with Crippen LogP contribution >= 0.6 is 0 Å². The number of rotatable bonds is 9. The van der Waals surface area contributed by atoms with Gasteiger partial charge in [-0.05, 0) is 66.1 Å². The van der Waals surface area contributed by atoms with Crippen molar-refractivity contribution in [3.8, 4) is 16.9 Å². The second kappa shape index (κ2) is 11.8. The molecule has 0 saturated heterocycles. The Morgan fingerprint density at radius 3 is 2.51 bits per heavy atom. The Bertz CT molecular complexity index is 1640. The molecule has 1 heterocycles. The smallest absolute Gasteiger partial charge is 0.276 e. The zero-order chi connectivity index (χ0) is 28.0. The summed E-state index contributed by atoms with van der Waals surface area (Å²) in [6, 6.07) is 19.9. The molecular formula is C28H26N4O6S. The van der Waals surface area contributed by atoms with Gasteiger partial charge in [0.1, 0.15) is 5.75 Å². The second-order valence-corrected chi connectivity index (χ2v) is 10.4. The Balaban J connectivity index is 1.72. The van der Waals surface area contributed by atoms with E-state index in [0.717, 1.165) is 0 Å². The molecule has 3 aromatic carbocycles. The topological polar surface area (TPSA) is 150 Å². The van der Waals surface area contributed by atoms with Gasteiger partial charge in [-0.3, -0.25) is 10.0 Å². The normalized spacial score (nSPS) is 11.4. The number of methoxy groups -OCH3 is 1. The SMILES string of the molecule is COc1ccc(S(=O)(=O)c2ncccc2CNc2c(C)cc(-c3ccccc3/C=N\O)cc2C(=O)NO)cc1. The molecule has 0 bridgehead atoms. The van der Waals surface area contributed by atoms with Crippen molar-refractivity contribution in [1.29, 1.82) is 0 Å². The first-order valence-electron chi connectivity index (χ1n) is 11.7. The van der Waals surface area contributed by atoms with Crippen LogP contribution in [0.5, 0.6) is 5.75 Å². The van der Waals surface area contributed by atoms with Crippen LogP contribution in [0, 0.1) is 6.92 Å². The fourth-order valence-electron chi connectivity index (χ4n) is 4.20. The van der Waals surface area contributed by atoms with Crippen LogP contribution in [0.1, 0.15) is 27.0 Å². The number of aromatic nitrogens is 1. The number of hydrogen-bond donors (Lipinski definition) is 4. The molecule has 4 rings (SSSR count). The van der Waals surface area contributed by atoms with Gasteiger partial charge in [-0.25, -0.2) is 18.9 Å². The van der Waals surface area contributed by atoms with E-state index < -0.39 is 15.7 Å². The first-order chi connectivity index (χ1) is 18.8. The number of carbonyl (C=O) groups excluding carboxylic acids is 1. The van der Waals surface area contributed by atoms with Gasteiger partial charge >= 0.3 is 0 Å². The lowest BCUT2D eigenvalue weighted by Crippen LogP contribution is -2.21. The lowest BCUT2D eigenvalue weighted by Gasteiger charge is -2.18. The maximum atomic E-state index is 13.4. The molecule has 0 atom stereocenters. The van der Waals surface area contributed by atoms with Crippen LogP contribution in [0.2, 0.25) is 0 Å². The van der Waals surface area contributed by atoms with Gasteiger partial charge in [-0.1, -0.05) is 35.5 Å². The summed E-state index contributed by atoms with van der Waals surface area (Å²) in [5.41, 5.74) is 5.22. The van der Waals surface area contributed by atoms with Crippen molar-refractivity contribution in [2.45, 2.75) is 23.4 Å². The molecule has 0 saturated carbocycles. The highest BCUT2D eigenvalue weighted by atomic mass is 32.2. The summed E-state index contributed by atoms with van der Waals surface area (Å²) in [5.74, 6) is -0.232. The van der Waals surface area contributed by atoms with E-state index in [4.69, 9.17) is 9.94 Å². The van der Waals surface area contributed by atoms with Gasteiger partial charge in [0.05, 0.1) is 29.5 Å². The highest BCUT2D eigenvalue weighted by Gasteiger charge is 2.24. The van der Waals surface area contributed by atoms with Crippen LogP contribution in [-0.2, 0) is 16.4 Å². The third-order valence-electron chi connectivity index (χ3n) is 6.08. The molecule has 0 aliphatic carbocycles. The highest BCUT2D eigenvalue weighted by Crippen LogP contribution is 2.32. The number of aryl methyl sites for hydroxylation is 1. The molecule has 0 spiro atoms. The van der Waals surface area contributed by atoms with Crippen molar-refractivity contribution >= 4 is 27.6 Å². The number of nitrogens with zero attached hydrogens (tertiary/aromatic N) is 2. The fraction of sp³-hybridized carbons (Fsp3) is 0.107. The van der Waals surface area contributed by atoms with Crippen molar-refractivity contribution < 1.29 is 28.4 Å². The summed E-state index contributed by atoms with van der Waals surface area (Å²) in [6.45, 7) is 1.80. The monoisotopic (exact) mass is 546 g/mol. The van der Waals surface area contributed by atoms with E-state index in [9.17, 15) is 18.4 Å². The molecule has 10 nitrogen and oxygen atoms in total. The van der Waals surface area contributed by atoms with Gasteiger partial charge < -0.3 is 15.3 Å². The van der Waals surface area contributed by atoms with Crippen molar-refractivity contribution in [2.24, 2.45) is 5.16 Å². The molecule has 0 aliphatic rings. The van der Waals surface area contributed by atoms with Crippen LogP contribution in [0.25, 0.3) is 11.1 Å². The molecule has 0 radical (unpaired) electrons. The number of hydroxylamine groups is 1. The van der Waals surface area contributed by atoms with Crippen LogP contribution in [0.15, 0.2) is 94.1 Å². The molecule has 200 valence electrons. The summed E-state index contributed by atoms with van der Waals surface area (Å²) in [5, 5.41) is 24.6. The van der Waals surface area contributed by atoms with Crippen LogP contribution in [0.4, 0.5) is 5.69 Å². The van der Waals surface area contributed by atoms with Crippen molar-refractivity contribution in [2.75, 3.05) is 12.4 Å². The quantitative estimate of drug-likeness (QED) is 0.104. The number of amides is 1. The summed E-state index contributed by atoms with van der Waals surface area (Å²) in [6.07, 6.45) is 2.69. The van der Waals surface area contributed by atoms with Gasteiger partial charge in [0.15, 0.2) is 5.03 Å². The lowest BCUT2D eigenvalue weighted by molar-refractivity contribution is 0.0707. The number of oxime groups is 1. The van der Waals surface area contributed by atoms with E-state index in [2.05, 4.69) is 15.5 Å². The maximum absolute atomic E-state index is 13.4. The Morgan fingerprint density at radius 2 is 1.82 bits per heavy atom. The van der Waals surface area contributed by atoms with E-state index in [1.165, 1.54) is 31.7 Å². The minimum atomic E-state index is -3.95. The molecule has 0 aliphatic heterocycles. The van der Waals surface area contributed by atoms with E-state index in [1.54, 1.807) is 54.9 Å². The number of carbonyl (C=O) groups is 1. The Hall–Kier alpha value is -4.74. The average molecular weight is 547 g/mol. The minimum absolute atomic E-state index is 0.0260. The average Bonchev–Trinajstić information content (AvgIpc) is 2.96. The van der Waals surface area contributed by atoms with Crippen LogP contribution in [-0.4, -0.2) is 43.0 Å². The van der Waals surface area contributed by atoms with Crippen LogP contribution < -0.4 is 15.5 Å². The number of pyridine rings is 1. The van der Waals surface area contributed by atoms with Gasteiger partial charge in [0.2, 0.25) is 9.84 Å². The minimum Gasteiger partial charge on any atom is -0.497 e. The summed E-state index contributed by atoms with van der Waals surface area (Å²) in [7, 11) is -2.46. The van der Waals surface area contributed by atoms with E-state index in [0.29, 0.717) is 39.3 Å². The molecule has 1 amide bonds. The van der Waals surface area contributed by atoms with Gasteiger partial charge in [-0.2, -0.15) is 0 Å². The summed E-state index contributed by atoms with van der Waals surface area (Å²) in [4.78, 5) is 16.9. The standard InChI is InChI=1S/C28H26N4O6S/c1-18-14-21(24-8-4-3-6-19(24)17-31-34)15-25(27(33)32-35)26(18)30-16-20-7-5-13-29-28(20)39(36,37)23-11-9-22(38-2)10-12-23/h3-15,17,30,34-35H,16H2,1-2H3,(H,32,33)/b31-17-. The van der Waals surface area contributed by atoms with Gasteiger partial charge in [0, 0.05) is 23.9 Å². The number of hydrogen-bond acceptors (Lipinski definition) is 9. The first-order valence-corrected chi connectivity index (χ1v) is 13.2. The maximum Gasteiger partial charge on any atom is 0.276 e. The highest BCUT2D eigenvalue weighted by molar-refractivity contribution is 7.91. The largest absolute Gasteiger partial charge is 0.497 e. The van der Waals surface area contributed by atoms with Gasteiger partial charge in [-0.15, -0.1) is 0 Å².